The molecule has 13 heavy (non-hydrogen) atoms. The lowest BCUT2D eigenvalue weighted by molar-refractivity contribution is 1.11. The van der Waals surface area contributed by atoms with Crippen LogP contribution >= 0.6 is 0 Å². The molecule has 0 N–H and O–H groups in total. The standard InChI is InChI=1S/C11H10.2FH/c1-2-9-7-8-10-5-3-4-6-11(9)10;;/h2-9H,1H2;2*1H. The molecule has 2 heteroatoms. The van der Waals surface area contributed by atoms with E-state index in [4.69, 9.17) is 0 Å². The Morgan fingerprint density at radius 3 is 2.54 bits per heavy atom. The lowest BCUT2D eigenvalue weighted by atomic mass is 10.0. The summed E-state index contributed by atoms with van der Waals surface area (Å²) in [6.45, 7) is 3.79. The fraction of sp³-hybridized carbons (Fsp3) is 0.0909. The molecule has 0 amide bonds. The van der Waals surface area contributed by atoms with Crippen molar-refractivity contribution in [1.29, 1.82) is 0 Å². The van der Waals surface area contributed by atoms with E-state index in [1.54, 1.807) is 0 Å². The quantitative estimate of drug-likeness (QED) is 0.584. The maximum Gasteiger partial charge on any atom is 0.0205 e. The van der Waals surface area contributed by atoms with Crippen molar-refractivity contribution in [3.63, 3.8) is 0 Å². The highest BCUT2D eigenvalue weighted by molar-refractivity contribution is 5.63. The molecule has 0 radical (unpaired) electrons. The SMILES string of the molecule is C=CC1C=Cc2ccccc21.F.F. The molecule has 1 aromatic carbocycles. The summed E-state index contributed by atoms with van der Waals surface area (Å²) < 4.78 is 0. The Kier molecular flexibility index (Phi) is 4.05. The Hall–Kier alpha value is -1.44. The van der Waals surface area contributed by atoms with Gasteiger partial charge in [0.15, 0.2) is 0 Å². The molecule has 1 atom stereocenters. The topological polar surface area (TPSA) is 0 Å². The molecule has 0 bridgehead atoms. The van der Waals surface area contributed by atoms with Gasteiger partial charge in [0.1, 0.15) is 0 Å². The smallest absolute Gasteiger partial charge is 0.0205 e. The van der Waals surface area contributed by atoms with E-state index >= 15 is 0 Å². The number of benzene rings is 1. The van der Waals surface area contributed by atoms with E-state index in [2.05, 4.69) is 43.0 Å². The molecule has 1 aromatic rings. The first-order valence-electron chi connectivity index (χ1n) is 3.81. The second-order valence-electron chi connectivity index (χ2n) is 2.75. The summed E-state index contributed by atoms with van der Waals surface area (Å²) in [5.74, 6) is 0.436. The summed E-state index contributed by atoms with van der Waals surface area (Å²) in [6, 6.07) is 8.42. The van der Waals surface area contributed by atoms with E-state index in [0.717, 1.165) is 0 Å². The predicted molar refractivity (Wildman–Crippen MR) is 53.4 cm³/mol. The van der Waals surface area contributed by atoms with E-state index in [-0.39, 0.29) is 9.41 Å². The molecule has 0 aromatic heterocycles. The molecule has 1 unspecified atom stereocenters. The molecular weight excluding hydrogens is 170 g/mol. The normalized spacial score (nSPS) is 16.8. The first kappa shape index (κ1) is 11.6. The van der Waals surface area contributed by atoms with Crippen molar-refractivity contribution < 1.29 is 9.41 Å². The van der Waals surface area contributed by atoms with Gasteiger partial charge in [-0.25, -0.2) is 0 Å². The van der Waals surface area contributed by atoms with Crippen molar-refractivity contribution >= 4 is 6.08 Å². The molecule has 0 fully saturated rings. The average Bonchev–Trinajstić information content (AvgIpc) is 2.47. The van der Waals surface area contributed by atoms with Gasteiger partial charge < -0.3 is 0 Å². The van der Waals surface area contributed by atoms with Gasteiger partial charge in [0.05, 0.1) is 0 Å². The van der Waals surface area contributed by atoms with Crippen LogP contribution in [0.3, 0.4) is 0 Å². The number of rotatable bonds is 1. The average molecular weight is 182 g/mol. The third-order valence-electron chi connectivity index (χ3n) is 2.09. The molecule has 2 rings (SSSR count). The minimum atomic E-state index is 0. The van der Waals surface area contributed by atoms with Crippen LogP contribution in [0.5, 0.6) is 0 Å². The van der Waals surface area contributed by atoms with Crippen LogP contribution in [0.4, 0.5) is 9.41 Å². The second-order valence-corrected chi connectivity index (χ2v) is 2.75. The van der Waals surface area contributed by atoms with Crippen molar-refractivity contribution in [2.75, 3.05) is 0 Å². The molecule has 0 nitrogen and oxygen atoms in total. The molecule has 0 saturated carbocycles. The van der Waals surface area contributed by atoms with E-state index in [0.29, 0.717) is 5.92 Å². The van der Waals surface area contributed by atoms with E-state index < -0.39 is 0 Å². The van der Waals surface area contributed by atoms with Crippen LogP contribution in [0.15, 0.2) is 43.0 Å². The van der Waals surface area contributed by atoms with Gasteiger partial charge >= 0.3 is 0 Å². The van der Waals surface area contributed by atoms with Gasteiger partial charge in [-0.15, -0.1) is 6.58 Å². The summed E-state index contributed by atoms with van der Waals surface area (Å²) >= 11 is 0. The summed E-state index contributed by atoms with van der Waals surface area (Å²) in [5, 5.41) is 0. The highest BCUT2D eigenvalue weighted by Gasteiger charge is 2.11. The number of halogens is 2. The van der Waals surface area contributed by atoms with Crippen LogP contribution in [0.1, 0.15) is 17.0 Å². The van der Waals surface area contributed by atoms with E-state index in [1.165, 1.54) is 11.1 Å². The lowest BCUT2D eigenvalue weighted by Crippen LogP contribution is -1.86. The zero-order valence-electron chi connectivity index (χ0n) is 7.14. The van der Waals surface area contributed by atoms with Gasteiger partial charge in [-0.3, -0.25) is 9.41 Å². The number of hydrogen-bond acceptors (Lipinski definition) is 0. The largest absolute Gasteiger partial charge is 0.269 e. The van der Waals surface area contributed by atoms with Crippen molar-refractivity contribution in [3.05, 3.63) is 54.1 Å². The van der Waals surface area contributed by atoms with Crippen LogP contribution in [0.2, 0.25) is 0 Å². The van der Waals surface area contributed by atoms with Crippen molar-refractivity contribution in [2.45, 2.75) is 5.92 Å². The minimum Gasteiger partial charge on any atom is -0.269 e. The highest BCUT2D eigenvalue weighted by Crippen LogP contribution is 2.29. The van der Waals surface area contributed by atoms with E-state index in [1.807, 2.05) is 6.08 Å². The van der Waals surface area contributed by atoms with Crippen molar-refractivity contribution in [3.8, 4) is 0 Å². The summed E-state index contributed by atoms with van der Waals surface area (Å²) in [4.78, 5) is 0. The lowest BCUT2D eigenvalue weighted by Gasteiger charge is -2.03. The fourth-order valence-corrected chi connectivity index (χ4v) is 1.48. The Morgan fingerprint density at radius 1 is 1.15 bits per heavy atom. The second kappa shape index (κ2) is 4.55. The minimum absolute atomic E-state index is 0. The van der Waals surface area contributed by atoms with E-state index in [9.17, 15) is 0 Å². The molecule has 1 aliphatic carbocycles. The third-order valence-corrected chi connectivity index (χ3v) is 2.09. The van der Waals surface area contributed by atoms with Gasteiger partial charge in [0.25, 0.3) is 0 Å². The van der Waals surface area contributed by atoms with Crippen LogP contribution in [-0.4, -0.2) is 0 Å². The Balaban J connectivity index is 0.000000720. The van der Waals surface area contributed by atoms with Crippen molar-refractivity contribution in [1.82, 2.24) is 0 Å². The van der Waals surface area contributed by atoms with Gasteiger partial charge in [0, 0.05) is 5.92 Å². The maximum absolute atomic E-state index is 3.79. The van der Waals surface area contributed by atoms with Crippen LogP contribution in [-0.2, 0) is 0 Å². The number of hydrogen-bond donors (Lipinski definition) is 0. The first-order valence-corrected chi connectivity index (χ1v) is 3.81. The van der Waals surface area contributed by atoms with Crippen LogP contribution in [0.25, 0.3) is 6.08 Å². The molecule has 1 aliphatic rings. The Bertz CT molecular complexity index is 316. The molecule has 0 spiro atoms. The van der Waals surface area contributed by atoms with Gasteiger partial charge in [-0.2, -0.15) is 0 Å². The predicted octanol–water partition coefficient (Wildman–Crippen LogP) is 3.29. The zero-order chi connectivity index (χ0) is 7.68. The zero-order valence-corrected chi connectivity index (χ0v) is 7.14. The van der Waals surface area contributed by atoms with Gasteiger partial charge in [0.2, 0.25) is 0 Å². The monoisotopic (exact) mass is 182 g/mol. The molecule has 0 aliphatic heterocycles. The van der Waals surface area contributed by atoms with Gasteiger partial charge in [-0.05, 0) is 11.1 Å². The fourth-order valence-electron chi connectivity index (χ4n) is 1.48. The number of fused-ring (bicyclic) bond motifs is 1. The van der Waals surface area contributed by atoms with Crippen LogP contribution in [0, 0.1) is 0 Å². The third kappa shape index (κ3) is 1.83. The van der Waals surface area contributed by atoms with Gasteiger partial charge in [-0.1, -0.05) is 42.5 Å². The maximum atomic E-state index is 3.79. The molecule has 70 valence electrons. The highest BCUT2D eigenvalue weighted by atomic mass is 19.0. The van der Waals surface area contributed by atoms with Crippen molar-refractivity contribution in [2.24, 2.45) is 0 Å². The summed E-state index contributed by atoms with van der Waals surface area (Å²) in [6.07, 6.45) is 6.31. The molecule has 0 heterocycles. The first-order chi connectivity index (χ1) is 5.42. The summed E-state index contributed by atoms with van der Waals surface area (Å²) in [7, 11) is 0. The molecular formula is C11H12F2. The molecule has 0 saturated heterocycles. The Morgan fingerprint density at radius 2 is 1.85 bits per heavy atom. The van der Waals surface area contributed by atoms with Crippen LogP contribution < -0.4 is 0 Å². The Labute approximate surface area is 76.3 Å². The number of allylic oxidation sites excluding steroid dienone is 2. The summed E-state index contributed by atoms with van der Waals surface area (Å²) in [5.41, 5.74) is 2.71.